The van der Waals surface area contributed by atoms with Crippen LogP contribution < -0.4 is 5.32 Å². The van der Waals surface area contributed by atoms with Gasteiger partial charge in [-0.2, -0.15) is 0 Å². The molecular weight excluding hydrogens is 444 g/mol. The molecule has 0 spiro atoms. The largest absolute Gasteiger partial charge is 0.352 e. The number of carbonyl (C=O) groups is 2. The highest BCUT2D eigenvalue weighted by Gasteiger charge is 2.31. The molecule has 4 nitrogen and oxygen atoms in total. The lowest BCUT2D eigenvalue weighted by molar-refractivity contribution is -0.141. The van der Waals surface area contributed by atoms with Crippen LogP contribution in [-0.2, 0) is 29.0 Å². The smallest absolute Gasteiger partial charge is 0.243 e. The second-order valence-electron chi connectivity index (χ2n) is 9.13. The fourth-order valence-corrected chi connectivity index (χ4v) is 4.23. The van der Waals surface area contributed by atoms with Crippen LogP contribution in [0.15, 0.2) is 72.8 Å². The predicted octanol–water partition coefficient (Wildman–Crippen LogP) is 5.66. The summed E-state index contributed by atoms with van der Waals surface area (Å²) in [4.78, 5) is 28.9. The first kappa shape index (κ1) is 25.5. The van der Waals surface area contributed by atoms with Crippen molar-refractivity contribution in [3.05, 3.63) is 106 Å². The molecule has 1 atom stereocenters. The molecule has 0 fully saturated rings. The zero-order valence-electron chi connectivity index (χ0n) is 20.3. The van der Waals surface area contributed by atoms with Crippen molar-refractivity contribution in [1.82, 2.24) is 10.2 Å². The average molecular weight is 477 g/mol. The number of hydrogen-bond acceptors (Lipinski definition) is 2. The Morgan fingerprint density at radius 3 is 2.29 bits per heavy atom. The average Bonchev–Trinajstić information content (AvgIpc) is 2.79. The van der Waals surface area contributed by atoms with Gasteiger partial charge in [0.05, 0.1) is 6.42 Å². The van der Waals surface area contributed by atoms with E-state index in [9.17, 15) is 9.59 Å². The fraction of sp³-hybridized carbons (Fsp3) is 0.310. The van der Waals surface area contributed by atoms with Crippen LogP contribution in [-0.4, -0.2) is 28.8 Å². The van der Waals surface area contributed by atoms with Gasteiger partial charge in [-0.1, -0.05) is 77.8 Å². The van der Waals surface area contributed by atoms with Crippen molar-refractivity contribution < 1.29 is 9.59 Å². The number of benzene rings is 3. The first-order valence-corrected chi connectivity index (χ1v) is 12.0. The summed E-state index contributed by atoms with van der Waals surface area (Å²) < 4.78 is 0. The molecule has 0 aromatic heterocycles. The second-order valence-corrected chi connectivity index (χ2v) is 9.56. The molecule has 0 aliphatic rings. The van der Waals surface area contributed by atoms with Crippen molar-refractivity contribution in [2.24, 2.45) is 0 Å². The van der Waals surface area contributed by atoms with Crippen molar-refractivity contribution in [3.63, 3.8) is 0 Å². The Morgan fingerprint density at radius 1 is 0.912 bits per heavy atom. The van der Waals surface area contributed by atoms with Gasteiger partial charge in [0.25, 0.3) is 0 Å². The molecule has 2 amide bonds. The lowest BCUT2D eigenvalue weighted by Crippen LogP contribution is -2.52. The van der Waals surface area contributed by atoms with Gasteiger partial charge in [-0.05, 0) is 62.1 Å². The van der Waals surface area contributed by atoms with Gasteiger partial charge < -0.3 is 10.2 Å². The van der Waals surface area contributed by atoms with E-state index in [1.54, 1.807) is 11.0 Å². The van der Waals surface area contributed by atoms with Crippen molar-refractivity contribution >= 4 is 23.4 Å². The molecule has 0 aliphatic heterocycles. The van der Waals surface area contributed by atoms with Gasteiger partial charge in [0.15, 0.2) is 0 Å². The van der Waals surface area contributed by atoms with Crippen LogP contribution in [0.2, 0.25) is 5.02 Å². The summed E-state index contributed by atoms with van der Waals surface area (Å²) in [5, 5.41) is 3.62. The number of amides is 2. The fourth-order valence-electron chi connectivity index (χ4n) is 4.02. The quantitative estimate of drug-likeness (QED) is 0.433. The van der Waals surface area contributed by atoms with Crippen LogP contribution in [0.3, 0.4) is 0 Å². The molecule has 0 saturated heterocycles. The molecule has 3 aromatic rings. The van der Waals surface area contributed by atoms with E-state index in [2.05, 4.69) is 5.32 Å². The van der Waals surface area contributed by atoms with Crippen molar-refractivity contribution in [3.8, 4) is 0 Å². The maximum atomic E-state index is 13.8. The monoisotopic (exact) mass is 476 g/mol. The molecule has 178 valence electrons. The molecule has 0 aliphatic carbocycles. The van der Waals surface area contributed by atoms with E-state index in [1.807, 2.05) is 94.4 Å². The van der Waals surface area contributed by atoms with Crippen LogP contribution in [0.4, 0.5) is 0 Å². The molecule has 0 heterocycles. The highest BCUT2D eigenvalue weighted by molar-refractivity contribution is 6.30. The normalized spacial score (nSPS) is 11.8. The molecule has 34 heavy (non-hydrogen) atoms. The maximum absolute atomic E-state index is 13.8. The summed E-state index contributed by atoms with van der Waals surface area (Å²) >= 11 is 6.23. The Balaban J connectivity index is 2.00. The first-order valence-electron chi connectivity index (χ1n) is 11.7. The SMILES string of the molecule is Cc1ccc(C)c(CC(=O)N(Cc2cccc(Cl)c2)C(Cc2ccccc2)C(=O)NC(C)C)c1. The Labute approximate surface area is 207 Å². The number of aryl methyl sites for hydroxylation is 2. The van der Waals surface area contributed by atoms with Crippen molar-refractivity contribution in [2.75, 3.05) is 0 Å². The first-order chi connectivity index (χ1) is 16.2. The highest BCUT2D eigenvalue weighted by atomic mass is 35.5. The number of nitrogens with zero attached hydrogens (tertiary/aromatic N) is 1. The third kappa shape index (κ3) is 7.19. The van der Waals surface area contributed by atoms with Gasteiger partial charge in [-0.15, -0.1) is 0 Å². The molecule has 5 heteroatoms. The molecule has 0 bridgehead atoms. The van der Waals surface area contributed by atoms with Gasteiger partial charge in [-0.3, -0.25) is 9.59 Å². The maximum Gasteiger partial charge on any atom is 0.243 e. The summed E-state index contributed by atoms with van der Waals surface area (Å²) in [6.45, 7) is 8.18. The topological polar surface area (TPSA) is 49.4 Å². The van der Waals surface area contributed by atoms with Gasteiger partial charge in [0, 0.05) is 24.0 Å². The number of halogens is 1. The van der Waals surface area contributed by atoms with E-state index in [1.165, 1.54) is 0 Å². The van der Waals surface area contributed by atoms with Gasteiger partial charge in [0.2, 0.25) is 11.8 Å². The van der Waals surface area contributed by atoms with E-state index >= 15 is 0 Å². The lowest BCUT2D eigenvalue weighted by Gasteiger charge is -2.32. The van der Waals surface area contributed by atoms with Crippen LogP contribution in [0.25, 0.3) is 0 Å². The third-order valence-electron chi connectivity index (χ3n) is 5.79. The standard InChI is InChI=1S/C29H33ClN2O2/c1-20(2)31-29(34)27(17-23-9-6-5-7-10-23)32(19-24-11-8-12-26(30)16-24)28(33)18-25-15-21(3)13-14-22(25)4/h5-16,20,27H,17-19H2,1-4H3,(H,31,34). The van der Waals surface area contributed by atoms with Crippen LogP contribution in [0.1, 0.15) is 41.7 Å². The highest BCUT2D eigenvalue weighted by Crippen LogP contribution is 2.20. The van der Waals surface area contributed by atoms with E-state index in [0.717, 1.165) is 27.8 Å². The minimum Gasteiger partial charge on any atom is -0.352 e. The van der Waals surface area contributed by atoms with E-state index in [0.29, 0.717) is 18.0 Å². The van der Waals surface area contributed by atoms with Crippen LogP contribution in [0, 0.1) is 13.8 Å². The summed E-state index contributed by atoms with van der Waals surface area (Å²) in [7, 11) is 0. The molecule has 1 N–H and O–H groups in total. The van der Waals surface area contributed by atoms with Crippen LogP contribution in [0.5, 0.6) is 0 Å². The number of carbonyl (C=O) groups excluding carboxylic acids is 2. The zero-order chi connectivity index (χ0) is 24.7. The minimum atomic E-state index is -0.651. The van der Waals surface area contributed by atoms with Crippen LogP contribution >= 0.6 is 11.6 Å². The summed E-state index contributed by atoms with van der Waals surface area (Å²) in [5.74, 6) is -0.247. The predicted molar refractivity (Wildman–Crippen MR) is 139 cm³/mol. The summed E-state index contributed by atoms with van der Waals surface area (Å²) in [6, 6.07) is 22.7. The Bertz CT molecular complexity index is 1130. The Morgan fingerprint density at radius 2 is 1.62 bits per heavy atom. The number of nitrogens with one attached hydrogen (secondary N) is 1. The zero-order valence-corrected chi connectivity index (χ0v) is 21.1. The van der Waals surface area contributed by atoms with E-state index in [-0.39, 0.29) is 24.3 Å². The van der Waals surface area contributed by atoms with E-state index in [4.69, 9.17) is 11.6 Å². The Hall–Kier alpha value is -3.11. The van der Waals surface area contributed by atoms with Gasteiger partial charge >= 0.3 is 0 Å². The number of hydrogen-bond donors (Lipinski definition) is 1. The lowest BCUT2D eigenvalue weighted by atomic mass is 9.99. The number of rotatable bonds is 9. The van der Waals surface area contributed by atoms with E-state index < -0.39 is 6.04 Å². The molecule has 3 rings (SSSR count). The minimum absolute atomic E-state index is 0.0343. The second kappa shape index (κ2) is 11.8. The molecular formula is C29H33ClN2O2. The molecule has 0 radical (unpaired) electrons. The Kier molecular flexibility index (Phi) is 8.89. The molecule has 1 unspecified atom stereocenters. The molecule has 0 saturated carbocycles. The van der Waals surface area contributed by atoms with Gasteiger partial charge in [-0.25, -0.2) is 0 Å². The molecule has 3 aromatic carbocycles. The van der Waals surface area contributed by atoms with Crippen molar-refractivity contribution in [2.45, 2.75) is 59.2 Å². The van der Waals surface area contributed by atoms with Gasteiger partial charge in [0.1, 0.15) is 6.04 Å². The van der Waals surface area contributed by atoms with Crippen molar-refractivity contribution in [1.29, 1.82) is 0 Å². The third-order valence-corrected chi connectivity index (χ3v) is 6.03. The summed E-state index contributed by atoms with van der Waals surface area (Å²) in [5.41, 5.74) is 5.03. The summed E-state index contributed by atoms with van der Waals surface area (Å²) in [6.07, 6.45) is 0.660.